The summed E-state index contributed by atoms with van der Waals surface area (Å²) in [5, 5.41) is 3.99. The van der Waals surface area contributed by atoms with Gasteiger partial charge >= 0.3 is 0 Å². The maximum Gasteiger partial charge on any atom is 0.227 e. The zero-order valence-electron chi connectivity index (χ0n) is 14.7. The molecule has 0 radical (unpaired) electrons. The molecule has 1 aromatic heterocycles. The van der Waals surface area contributed by atoms with E-state index in [4.69, 9.17) is 9.26 Å². The Bertz CT molecular complexity index is 672. The van der Waals surface area contributed by atoms with Crippen molar-refractivity contribution >= 4 is 5.91 Å². The van der Waals surface area contributed by atoms with Crippen molar-refractivity contribution in [3.63, 3.8) is 0 Å². The van der Waals surface area contributed by atoms with Gasteiger partial charge in [-0.3, -0.25) is 4.79 Å². The van der Waals surface area contributed by atoms with E-state index in [1.54, 1.807) is 0 Å². The molecule has 1 saturated heterocycles. The number of likely N-dealkylation sites (tertiary alicyclic amines) is 1. The minimum Gasteiger partial charge on any atom is -0.381 e. The number of benzene rings is 1. The lowest BCUT2D eigenvalue weighted by Gasteiger charge is -2.16. The monoisotopic (exact) mass is 343 g/mol. The molecule has 1 aliphatic rings. The number of carbonyl (C=O) groups excluding carboxylic acids is 1. The smallest absolute Gasteiger partial charge is 0.227 e. The van der Waals surface area contributed by atoms with E-state index in [1.807, 2.05) is 35.2 Å². The molecule has 1 aromatic carbocycles. The Morgan fingerprint density at radius 1 is 1.36 bits per heavy atom. The van der Waals surface area contributed by atoms with E-state index in [9.17, 15) is 4.79 Å². The lowest BCUT2D eigenvalue weighted by Crippen LogP contribution is -2.29. The summed E-state index contributed by atoms with van der Waals surface area (Å²) in [5.74, 6) is 1.69. The van der Waals surface area contributed by atoms with Gasteiger partial charge in [0.25, 0.3) is 0 Å². The van der Waals surface area contributed by atoms with Crippen LogP contribution in [0.4, 0.5) is 0 Å². The summed E-state index contributed by atoms with van der Waals surface area (Å²) < 4.78 is 10.9. The predicted molar refractivity (Wildman–Crippen MR) is 93.9 cm³/mol. The number of aryl methyl sites for hydroxylation is 1. The predicted octanol–water partition coefficient (Wildman–Crippen LogP) is 2.94. The number of carbonyl (C=O) groups is 1. The van der Waals surface area contributed by atoms with Crippen molar-refractivity contribution in [1.29, 1.82) is 0 Å². The molecule has 0 unspecified atom stereocenters. The number of amides is 1. The fourth-order valence-corrected chi connectivity index (χ4v) is 3.02. The van der Waals surface area contributed by atoms with Crippen LogP contribution in [-0.2, 0) is 16.0 Å². The first kappa shape index (κ1) is 17.6. The first-order valence-electron chi connectivity index (χ1n) is 8.99. The maximum atomic E-state index is 12.4. The van der Waals surface area contributed by atoms with Gasteiger partial charge in [-0.2, -0.15) is 4.98 Å². The molecule has 6 heteroatoms. The molecule has 0 saturated carbocycles. The van der Waals surface area contributed by atoms with Crippen molar-refractivity contribution in [3.05, 3.63) is 36.2 Å². The summed E-state index contributed by atoms with van der Waals surface area (Å²) in [6.07, 6.45) is 2.93. The molecule has 2 heterocycles. The van der Waals surface area contributed by atoms with Crippen LogP contribution in [-0.4, -0.2) is 47.3 Å². The number of aromatic nitrogens is 2. The second-order valence-corrected chi connectivity index (χ2v) is 6.45. The zero-order chi connectivity index (χ0) is 17.5. The molecule has 0 spiro atoms. The number of hydrogen-bond donors (Lipinski definition) is 0. The minimum atomic E-state index is 0.150. The Morgan fingerprint density at radius 3 is 3.00 bits per heavy atom. The molecular formula is C19H25N3O3. The van der Waals surface area contributed by atoms with Crippen molar-refractivity contribution < 1.29 is 14.1 Å². The average Bonchev–Trinajstić information content (AvgIpc) is 3.30. The fourth-order valence-electron chi connectivity index (χ4n) is 3.02. The molecule has 134 valence electrons. The summed E-state index contributed by atoms with van der Waals surface area (Å²) in [6, 6.07) is 9.68. The largest absolute Gasteiger partial charge is 0.381 e. The first-order valence-corrected chi connectivity index (χ1v) is 8.99. The first-order chi connectivity index (χ1) is 12.3. The molecule has 0 N–H and O–H groups in total. The molecule has 25 heavy (non-hydrogen) atoms. The van der Waals surface area contributed by atoms with E-state index in [0.717, 1.165) is 44.7 Å². The summed E-state index contributed by atoms with van der Waals surface area (Å²) in [7, 11) is 0. The van der Waals surface area contributed by atoms with Gasteiger partial charge < -0.3 is 14.2 Å². The SMILES string of the molecule is CCCOC[C@@H]1CCN(C(=O)CCc2nc(-c3ccccc3)no2)C1. The lowest BCUT2D eigenvalue weighted by atomic mass is 10.1. The normalized spacial score (nSPS) is 17.2. The molecule has 1 aliphatic heterocycles. The van der Waals surface area contributed by atoms with Crippen molar-refractivity contribution in [1.82, 2.24) is 15.0 Å². The van der Waals surface area contributed by atoms with Gasteiger partial charge in [0.1, 0.15) is 0 Å². The third-order valence-electron chi connectivity index (χ3n) is 4.39. The lowest BCUT2D eigenvalue weighted by molar-refractivity contribution is -0.130. The maximum absolute atomic E-state index is 12.4. The molecule has 0 bridgehead atoms. The highest BCUT2D eigenvalue weighted by atomic mass is 16.5. The van der Waals surface area contributed by atoms with Gasteiger partial charge in [0.05, 0.1) is 6.61 Å². The van der Waals surface area contributed by atoms with Crippen LogP contribution in [0.5, 0.6) is 0 Å². The van der Waals surface area contributed by atoms with Crippen LogP contribution in [0.2, 0.25) is 0 Å². The van der Waals surface area contributed by atoms with E-state index in [0.29, 0.717) is 30.5 Å². The zero-order valence-corrected chi connectivity index (χ0v) is 14.7. The molecular weight excluding hydrogens is 318 g/mol. The van der Waals surface area contributed by atoms with Crippen LogP contribution in [0.25, 0.3) is 11.4 Å². The van der Waals surface area contributed by atoms with Crippen molar-refractivity contribution in [2.75, 3.05) is 26.3 Å². The van der Waals surface area contributed by atoms with Crippen LogP contribution < -0.4 is 0 Å². The summed E-state index contributed by atoms with van der Waals surface area (Å²) >= 11 is 0. The van der Waals surface area contributed by atoms with E-state index in [-0.39, 0.29) is 5.91 Å². The van der Waals surface area contributed by atoms with E-state index in [2.05, 4.69) is 17.1 Å². The molecule has 2 aromatic rings. The van der Waals surface area contributed by atoms with Gasteiger partial charge in [0.2, 0.25) is 17.6 Å². The Kier molecular flexibility index (Phi) is 6.17. The number of nitrogens with zero attached hydrogens (tertiary/aromatic N) is 3. The Morgan fingerprint density at radius 2 is 2.20 bits per heavy atom. The highest BCUT2D eigenvalue weighted by Crippen LogP contribution is 2.19. The van der Waals surface area contributed by atoms with Crippen molar-refractivity contribution in [2.45, 2.75) is 32.6 Å². The Hall–Kier alpha value is -2.21. The molecule has 3 rings (SSSR count). The van der Waals surface area contributed by atoms with Gasteiger partial charge in [0.15, 0.2) is 0 Å². The highest BCUT2D eigenvalue weighted by molar-refractivity contribution is 5.76. The van der Waals surface area contributed by atoms with Gasteiger partial charge in [-0.1, -0.05) is 42.4 Å². The Labute approximate surface area is 148 Å². The quantitative estimate of drug-likeness (QED) is 0.689. The number of ether oxygens (including phenoxy) is 1. The van der Waals surface area contributed by atoms with Crippen LogP contribution in [0.3, 0.4) is 0 Å². The summed E-state index contributed by atoms with van der Waals surface area (Å²) in [4.78, 5) is 18.7. The van der Waals surface area contributed by atoms with Gasteiger partial charge in [-0.15, -0.1) is 0 Å². The standard InChI is InChI=1S/C19H25N3O3/c1-2-12-24-14-15-10-11-22(13-15)18(23)9-8-17-20-19(21-25-17)16-6-4-3-5-7-16/h3-7,15H,2,8-14H2,1H3/t15-/m1/s1. The van der Waals surface area contributed by atoms with Crippen LogP contribution >= 0.6 is 0 Å². The van der Waals surface area contributed by atoms with Gasteiger partial charge in [-0.05, 0) is 12.8 Å². The van der Waals surface area contributed by atoms with Gasteiger partial charge in [0, 0.05) is 44.0 Å². The molecule has 1 fully saturated rings. The summed E-state index contributed by atoms with van der Waals surface area (Å²) in [5.41, 5.74) is 0.915. The Balaban J connectivity index is 1.45. The number of rotatable bonds is 8. The topological polar surface area (TPSA) is 68.5 Å². The molecule has 1 amide bonds. The van der Waals surface area contributed by atoms with Crippen molar-refractivity contribution in [3.8, 4) is 11.4 Å². The van der Waals surface area contributed by atoms with Crippen molar-refractivity contribution in [2.24, 2.45) is 5.92 Å². The molecule has 6 nitrogen and oxygen atoms in total. The fraction of sp³-hybridized carbons (Fsp3) is 0.526. The third kappa shape index (κ3) is 4.89. The second-order valence-electron chi connectivity index (χ2n) is 6.45. The average molecular weight is 343 g/mol. The van der Waals surface area contributed by atoms with E-state index < -0.39 is 0 Å². The van der Waals surface area contributed by atoms with Crippen LogP contribution in [0.15, 0.2) is 34.9 Å². The summed E-state index contributed by atoms with van der Waals surface area (Å²) in [6.45, 7) is 5.26. The van der Waals surface area contributed by atoms with E-state index in [1.165, 1.54) is 0 Å². The molecule has 0 aliphatic carbocycles. The minimum absolute atomic E-state index is 0.150. The van der Waals surface area contributed by atoms with E-state index >= 15 is 0 Å². The number of hydrogen-bond acceptors (Lipinski definition) is 5. The third-order valence-corrected chi connectivity index (χ3v) is 4.39. The van der Waals surface area contributed by atoms with Crippen LogP contribution in [0, 0.1) is 5.92 Å². The van der Waals surface area contributed by atoms with Crippen LogP contribution in [0.1, 0.15) is 32.1 Å². The van der Waals surface area contributed by atoms with Gasteiger partial charge in [-0.25, -0.2) is 0 Å². The second kappa shape index (κ2) is 8.76. The molecule has 1 atom stereocenters. The highest BCUT2D eigenvalue weighted by Gasteiger charge is 2.26.